The first-order chi connectivity index (χ1) is 8.24. The van der Waals surface area contributed by atoms with Crippen molar-refractivity contribution in [2.75, 3.05) is 6.26 Å². The lowest BCUT2D eigenvalue weighted by molar-refractivity contribution is 0.271. The first kappa shape index (κ1) is 12.4. The van der Waals surface area contributed by atoms with Crippen molar-refractivity contribution in [1.82, 2.24) is 19.5 Å². The van der Waals surface area contributed by atoms with Crippen molar-refractivity contribution in [3.8, 4) is 0 Å². The minimum atomic E-state index is -0.0100. The van der Waals surface area contributed by atoms with Crippen LogP contribution in [0, 0.1) is 0 Å². The SMILES string of the molecule is CSc1cc(Sc2ncc(CO)n2C)ncn1. The quantitative estimate of drug-likeness (QED) is 0.671. The molecular formula is C10H12N4OS2. The fourth-order valence-corrected chi connectivity index (χ4v) is 2.52. The van der Waals surface area contributed by atoms with Gasteiger partial charge in [0.1, 0.15) is 16.4 Å². The van der Waals surface area contributed by atoms with Crippen LogP contribution in [0.3, 0.4) is 0 Å². The molecule has 5 nitrogen and oxygen atoms in total. The first-order valence-corrected chi connectivity index (χ1v) is 6.94. The van der Waals surface area contributed by atoms with Crippen molar-refractivity contribution < 1.29 is 5.11 Å². The molecule has 0 radical (unpaired) electrons. The van der Waals surface area contributed by atoms with E-state index in [1.165, 1.54) is 11.8 Å². The summed E-state index contributed by atoms with van der Waals surface area (Å²) < 4.78 is 1.85. The number of aromatic nitrogens is 4. The molecule has 90 valence electrons. The van der Waals surface area contributed by atoms with Crippen LogP contribution in [-0.4, -0.2) is 30.9 Å². The highest BCUT2D eigenvalue weighted by Crippen LogP contribution is 2.26. The zero-order valence-corrected chi connectivity index (χ0v) is 11.1. The summed E-state index contributed by atoms with van der Waals surface area (Å²) in [5.74, 6) is 0. The van der Waals surface area contributed by atoms with E-state index < -0.39 is 0 Å². The Balaban J connectivity index is 2.22. The second kappa shape index (κ2) is 5.52. The molecule has 0 fully saturated rings. The van der Waals surface area contributed by atoms with E-state index in [2.05, 4.69) is 15.0 Å². The van der Waals surface area contributed by atoms with Gasteiger partial charge in [0.15, 0.2) is 5.16 Å². The molecule has 17 heavy (non-hydrogen) atoms. The molecule has 2 heterocycles. The van der Waals surface area contributed by atoms with Crippen LogP contribution in [0.5, 0.6) is 0 Å². The van der Waals surface area contributed by atoms with E-state index >= 15 is 0 Å². The van der Waals surface area contributed by atoms with E-state index in [1.807, 2.05) is 23.9 Å². The number of thioether (sulfide) groups is 1. The zero-order chi connectivity index (χ0) is 12.3. The molecule has 2 aromatic heterocycles. The van der Waals surface area contributed by atoms with E-state index in [1.54, 1.807) is 24.3 Å². The molecule has 0 aliphatic rings. The highest BCUT2D eigenvalue weighted by atomic mass is 32.2. The largest absolute Gasteiger partial charge is 0.390 e. The lowest BCUT2D eigenvalue weighted by Crippen LogP contribution is -1.97. The number of nitrogens with zero attached hydrogens (tertiary/aromatic N) is 4. The molecule has 0 unspecified atom stereocenters. The van der Waals surface area contributed by atoms with Gasteiger partial charge in [0.05, 0.1) is 18.5 Å². The lowest BCUT2D eigenvalue weighted by Gasteiger charge is -2.03. The van der Waals surface area contributed by atoms with Gasteiger partial charge in [-0.2, -0.15) is 0 Å². The Hall–Kier alpha value is -1.05. The van der Waals surface area contributed by atoms with Crippen molar-refractivity contribution in [2.24, 2.45) is 7.05 Å². The Morgan fingerprint density at radius 1 is 1.29 bits per heavy atom. The van der Waals surface area contributed by atoms with Crippen LogP contribution in [0.2, 0.25) is 0 Å². The molecule has 7 heteroatoms. The van der Waals surface area contributed by atoms with Gasteiger partial charge in [-0.15, -0.1) is 11.8 Å². The smallest absolute Gasteiger partial charge is 0.174 e. The minimum absolute atomic E-state index is 0.0100. The Morgan fingerprint density at radius 3 is 2.71 bits per heavy atom. The molecule has 0 atom stereocenters. The van der Waals surface area contributed by atoms with Crippen molar-refractivity contribution in [3.05, 3.63) is 24.3 Å². The average molecular weight is 268 g/mol. The summed E-state index contributed by atoms with van der Waals surface area (Å²) in [4.78, 5) is 12.5. The fourth-order valence-electron chi connectivity index (χ4n) is 1.25. The number of hydrogen-bond acceptors (Lipinski definition) is 6. The molecule has 2 rings (SSSR count). The molecule has 1 N–H and O–H groups in total. The standard InChI is InChI=1S/C10H12N4OS2/c1-14-7(5-15)4-11-10(14)17-9-3-8(16-2)12-6-13-9/h3-4,6,15H,5H2,1-2H3. The Labute approximate surface area is 108 Å². The number of imidazole rings is 1. The van der Waals surface area contributed by atoms with Crippen molar-refractivity contribution in [3.63, 3.8) is 0 Å². The van der Waals surface area contributed by atoms with E-state index in [-0.39, 0.29) is 6.61 Å². The van der Waals surface area contributed by atoms with Crippen molar-refractivity contribution in [1.29, 1.82) is 0 Å². The molecule has 0 amide bonds. The summed E-state index contributed by atoms with van der Waals surface area (Å²) in [5, 5.41) is 11.7. The summed E-state index contributed by atoms with van der Waals surface area (Å²) in [5.41, 5.74) is 0.784. The summed E-state index contributed by atoms with van der Waals surface area (Å²) in [6.45, 7) is -0.0100. The van der Waals surface area contributed by atoms with Crippen LogP contribution in [0.15, 0.2) is 33.8 Å². The van der Waals surface area contributed by atoms with Crippen molar-refractivity contribution >= 4 is 23.5 Å². The summed E-state index contributed by atoms with van der Waals surface area (Å²) in [6, 6.07) is 1.92. The maximum Gasteiger partial charge on any atom is 0.174 e. The zero-order valence-electron chi connectivity index (χ0n) is 9.49. The van der Waals surface area contributed by atoms with Gasteiger partial charge in [0.2, 0.25) is 0 Å². The second-order valence-corrected chi connectivity index (χ2v) is 5.06. The van der Waals surface area contributed by atoms with Gasteiger partial charge < -0.3 is 9.67 Å². The molecule has 0 aliphatic carbocycles. The van der Waals surface area contributed by atoms with Gasteiger partial charge in [0, 0.05) is 13.1 Å². The predicted molar refractivity (Wildman–Crippen MR) is 67.1 cm³/mol. The van der Waals surface area contributed by atoms with Crippen LogP contribution < -0.4 is 0 Å². The van der Waals surface area contributed by atoms with Crippen LogP contribution in [-0.2, 0) is 13.7 Å². The molecule has 0 aromatic carbocycles. The third-order valence-corrected chi connectivity index (χ3v) is 3.86. The molecule has 0 saturated carbocycles. The Kier molecular flexibility index (Phi) is 4.03. The Bertz CT molecular complexity index is 515. The van der Waals surface area contributed by atoms with Crippen LogP contribution in [0.4, 0.5) is 0 Å². The molecule has 0 bridgehead atoms. The van der Waals surface area contributed by atoms with E-state index in [9.17, 15) is 0 Å². The van der Waals surface area contributed by atoms with Crippen LogP contribution >= 0.6 is 23.5 Å². The monoisotopic (exact) mass is 268 g/mol. The first-order valence-electron chi connectivity index (χ1n) is 4.90. The molecule has 2 aromatic rings. The minimum Gasteiger partial charge on any atom is -0.390 e. The normalized spacial score (nSPS) is 10.8. The maximum absolute atomic E-state index is 9.08. The van der Waals surface area contributed by atoms with E-state index in [0.717, 1.165) is 20.9 Å². The van der Waals surface area contributed by atoms with Gasteiger partial charge in [0.25, 0.3) is 0 Å². The Morgan fingerprint density at radius 2 is 2.06 bits per heavy atom. The number of aliphatic hydroxyl groups excluding tert-OH is 1. The van der Waals surface area contributed by atoms with Gasteiger partial charge in [-0.3, -0.25) is 0 Å². The van der Waals surface area contributed by atoms with Crippen LogP contribution in [0.1, 0.15) is 5.69 Å². The fraction of sp³-hybridized carbons (Fsp3) is 0.300. The van der Waals surface area contributed by atoms with Crippen molar-refractivity contribution in [2.45, 2.75) is 21.8 Å². The third-order valence-electron chi connectivity index (χ3n) is 2.23. The molecule has 0 aliphatic heterocycles. The topological polar surface area (TPSA) is 63.8 Å². The molecule has 0 saturated heterocycles. The highest BCUT2D eigenvalue weighted by molar-refractivity contribution is 7.99. The summed E-state index contributed by atoms with van der Waals surface area (Å²) in [6.07, 6.45) is 5.18. The summed E-state index contributed by atoms with van der Waals surface area (Å²) in [7, 11) is 1.87. The average Bonchev–Trinajstić information content (AvgIpc) is 2.71. The predicted octanol–water partition coefficient (Wildman–Crippen LogP) is 1.58. The number of hydrogen-bond donors (Lipinski definition) is 1. The maximum atomic E-state index is 9.08. The van der Waals surface area contributed by atoms with Gasteiger partial charge >= 0.3 is 0 Å². The molecule has 0 spiro atoms. The summed E-state index contributed by atoms with van der Waals surface area (Å²) >= 11 is 3.03. The van der Waals surface area contributed by atoms with Gasteiger partial charge in [-0.1, -0.05) is 0 Å². The third kappa shape index (κ3) is 2.80. The van der Waals surface area contributed by atoms with Gasteiger partial charge in [-0.05, 0) is 18.0 Å². The van der Waals surface area contributed by atoms with Gasteiger partial charge in [-0.25, -0.2) is 15.0 Å². The molecular weight excluding hydrogens is 256 g/mol. The highest BCUT2D eigenvalue weighted by Gasteiger charge is 2.08. The van der Waals surface area contributed by atoms with E-state index in [4.69, 9.17) is 5.11 Å². The van der Waals surface area contributed by atoms with Crippen LogP contribution in [0.25, 0.3) is 0 Å². The second-order valence-electron chi connectivity index (χ2n) is 3.25. The number of rotatable bonds is 4. The number of aliphatic hydroxyl groups is 1. The van der Waals surface area contributed by atoms with E-state index in [0.29, 0.717) is 0 Å². The lowest BCUT2D eigenvalue weighted by atomic mass is 10.5.